The lowest BCUT2D eigenvalue weighted by Crippen LogP contribution is -2.43. The molecule has 2 heteroatoms. The van der Waals surface area contributed by atoms with Crippen LogP contribution in [0.2, 0.25) is 0 Å². The van der Waals surface area contributed by atoms with E-state index in [1.165, 1.54) is 19.3 Å². The second kappa shape index (κ2) is 6.38. The maximum Gasteiger partial charge on any atom is 0.0468 e. The first-order valence-electron chi connectivity index (χ1n) is 7.51. The molecule has 1 aliphatic rings. The molecule has 0 aromatic rings. The molecule has 2 nitrogen and oxygen atoms in total. The highest BCUT2D eigenvalue weighted by molar-refractivity contribution is 4.82. The van der Waals surface area contributed by atoms with Crippen LogP contribution >= 0.6 is 0 Å². The minimum atomic E-state index is 0.221. The highest BCUT2D eigenvalue weighted by atomic mass is 16.5. The zero-order valence-corrected chi connectivity index (χ0v) is 13.3. The molecule has 1 N–H and O–H groups in total. The van der Waals surface area contributed by atoms with Crippen molar-refractivity contribution in [1.82, 2.24) is 5.32 Å². The van der Waals surface area contributed by atoms with Crippen molar-refractivity contribution >= 4 is 0 Å². The summed E-state index contributed by atoms with van der Waals surface area (Å²) in [5.41, 5.74) is 0.607. The number of hydrogen-bond acceptors (Lipinski definition) is 2. The predicted octanol–water partition coefficient (Wildman–Crippen LogP) is 3.85. The fourth-order valence-corrected chi connectivity index (χ4v) is 2.56. The summed E-state index contributed by atoms with van der Waals surface area (Å²) < 4.78 is 5.47. The van der Waals surface area contributed by atoms with Crippen molar-refractivity contribution in [3.05, 3.63) is 0 Å². The Bertz CT molecular complexity index is 230. The molecule has 0 aromatic carbocycles. The van der Waals surface area contributed by atoms with Gasteiger partial charge in [0.05, 0.1) is 0 Å². The molecule has 1 unspecified atom stereocenters. The van der Waals surface area contributed by atoms with Gasteiger partial charge in [0.25, 0.3) is 0 Å². The molecule has 0 aliphatic carbocycles. The highest BCUT2D eigenvalue weighted by Crippen LogP contribution is 2.34. The van der Waals surface area contributed by atoms with Crippen molar-refractivity contribution in [2.24, 2.45) is 17.3 Å². The van der Waals surface area contributed by atoms with Gasteiger partial charge in [0.15, 0.2) is 0 Å². The molecule has 1 heterocycles. The average molecular weight is 255 g/mol. The van der Waals surface area contributed by atoms with Crippen LogP contribution in [0.5, 0.6) is 0 Å². The van der Waals surface area contributed by atoms with E-state index in [2.05, 4.69) is 46.9 Å². The second-order valence-electron chi connectivity index (χ2n) is 7.99. The summed E-state index contributed by atoms with van der Waals surface area (Å²) in [4.78, 5) is 0. The Morgan fingerprint density at radius 2 is 1.61 bits per heavy atom. The van der Waals surface area contributed by atoms with E-state index in [9.17, 15) is 0 Å². The number of hydrogen-bond donors (Lipinski definition) is 1. The summed E-state index contributed by atoms with van der Waals surface area (Å²) in [6.45, 7) is 16.9. The summed E-state index contributed by atoms with van der Waals surface area (Å²) in [5.74, 6) is 1.62. The molecule has 1 aliphatic heterocycles. The van der Waals surface area contributed by atoms with Gasteiger partial charge >= 0.3 is 0 Å². The molecule has 0 saturated carbocycles. The minimum Gasteiger partial charge on any atom is -0.381 e. The van der Waals surface area contributed by atoms with Crippen molar-refractivity contribution in [3.8, 4) is 0 Å². The third-order valence-corrected chi connectivity index (χ3v) is 4.06. The van der Waals surface area contributed by atoms with Crippen molar-refractivity contribution in [3.63, 3.8) is 0 Å². The molecule has 1 saturated heterocycles. The zero-order valence-electron chi connectivity index (χ0n) is 13.3. The van der Waals surface area contributed by atoms with E-state index in [0.29, 0.717) is 5.41 Å². The quantitative estimate of drug-likeness (QED) is 0.824. The molecule has 0 aromatic heterocycles. The first-order valence-corrected chi connectivity index (χ1v) is 7.51. The van der Waals surface area contributed by atoms with Gasteiger partial charge in [-0.3, -0.25) is 0 Å². The lowest BCUT2D eigenvalue weighted by molar-refractivity contribution is 0.0486. The molecule has 1 atom stereocenters. The first kappa shape index (κ1) is 16.0. The molecule has 1 fully saturated rings. The number of rotatable bonds is 4. The van der Waals surface area contributed by atoms with Gasteiger partial charge in [-0.1, -0.05) is 20.8 Å². The van der Waals surface area contributed by atoms with Crippen LogP contribution in [0, 0.1) is 17.3 Å². The van der Waals surface area contributed by atoms with Crippen LogP contribution < -0.4 is 5.32 Å². The lowest BCUT2D eigenvalue weighted by atomic mass is 9.74. The van der Waals surface area contributed by atoms with Crippen molar-refractivity contribution in [2.45, 2.75) is 66.3 Å². The minimum absolute atomic E-state index is 0.221. The number of nitrogens with one attached hydrogen (secondary N) is 1. The zero-order chi connectivity index (χ0) is 13.8. The summed E-state index contributed by atoms with van der Waals surface area (Å²) >= 11 is 0. The molecular weight excluding hydrogens is 222 g/mol. The first-order chi connectivity index (χ1) is 8.18. The van der Waals surface area contributed by atoms with Crippen LogP contribution in [0.3, 0.4) is 0 Å². The Kier molecular flexibility index (Phi) is 5.67. The maximum absolute atomic E-state index is 5.47. The molecule has 1 rings (SSSR count). The topological polar surface area (TPSA) is 21.3 Å². The van der Waals surface area contributed by atoms with Crippen LogP contribution in [0.1, 0.15) is 60.8 Å². The van der Waals surface area contributed by atoms with Crippen molar-refractivity contribution in [2.75, 3.05) is 19.8 Å². The standard InChI is InChI=1S/C16H33NO/c1-15(2,3)14(12-17-16(4,5)6)11-13-7-9-18-10-8-13/h13-14,17H,7-12H2,1-6H3. The third kappa shape index (κ3) is 6.19. The molecule has 0 spiro atoms. The Hall–Kier alpha value is -0.0800. The number of ether oxygens (including phenoxy) is 1. The van der Waals surface area contributed by atoms with E-state index in [0.717, 1.165) is 31.6 Å². The Labute approximate surface area is 114 Å². The van der Waals surface area contributed by atoms with E-state index >= 15 is 0 Å². The van der Waals surface area contributed by atoms with Gasteiger partial charge in [0.1, 0.15) is 0 Å². The summed E-state index contributed by atoms with van der Waals surface area (Å²) in [6.07, 6.45) is 3.85. The molecule has 18 heavy (non-hydrogen) atoms. The van der Waals surface area contributed by atoms with E-state index in [-0.39, 0.29) is 5.54 Å². The predicted molar refractivity (Wildman–Crippen MR) is 78.9 cm³/mol. The molecule has 0 bridgehead atoms. The summed E-state index contributed by atoms with van der Waals surface area (Å²) in [5, 5.41) is 3.69. The Morgan fingerprint density at radius 1 is 1.06 bits per heavy atom. The van der Waals surface area contributed by atoms with Crippen LogP contribution in [0.4, 0.5) is 0 Å². The fourth-order valence-electron chi connectivity index (χ4n) is 2.56. The average Bonchev–Trinajstić information content (AvgIpc) is 2.22. The molecule has 0 amide bonds. The van der Waals surface area contributed by atoms with Gasteiger partial charge < -0.3 is 10.1 Å². The van der Waals surface area contributed by atoms with Crippen molar-refractivity contribution in [1.29, 1.82) is 0 Å². The van der Waals surface area contributed by atoms with Gasteiger partial charge in [0, 0.05) is 18.8 Å². The third-order valence-electron chi connectivity index (χ3n) is 4.06. The largest absolute Gasteiger partial charge is 0.381 e. The molecule has 0 radical (unpaired) electrons. The smallest absolute Gasteiger partial charge is 0.0468 e. The monoisotopic (exact) mass is 255 g/mol. The van der Waals surface area contributed by atoms with E-state index < -0.39 is 0 Å². The Balaban J connectivity index is 2.50. The SMILES string of the molecule is CC(C)(C)NCC(CC1CCOCC1)C(C)(C)C. The van der Waals surface area contributed by atoms with Crippen LogP contribution in [0.15, 0.2) is 0 Å². The second-order valence-corrected chi connectivity index (χ2v) is 7.99. The highest BCUT2D eigenvalue weighted by Gasteiger charge is 2.29. The lowest BCUT2D eigenvalue weighted by Gasteiger charge is -2.37. The van der Waals surface area contributed by atoms with Gasteiger partial charge in [-0.2, -0.15) is 0 Å². The molecule has 108 valence electrons. The normalized spacial score (nSPS) is 21.0. The summed E-state index contributed by atoms with van der Waals surface area (Å²) in [7, 11) is 0. The summed E-state index contributed by atoms with van der Waals surface area (Å²) in [6, 6.07) is 0. The van der Waals surface area contributed by atoms with Crippen LogP contribution in [-0.2, 0) is 4.74 Å². The van der Waals surface area contributed by atoms with E-state index in [1.807, 2.05) is 0 Å². The maximum atomic E-state index is 5.47. The van der Waals surface area contributed by atoms with Gasteiger partial charge in [-0.25, -0.2) is 0 Å². The van der Waals surface area contributed by atoms with Crippen LogP contribution in [-0.4, -0.2) is 25.3 Å². The van der Waals surface area contributed by atoms with Crippen LogP contribution in [0.25, 0.3) is 0 Å². The van der Waals surface area contributed by atoms with E-state index in [4.69, 9.17) is 4.74 Å². The van der Waals surface area contributed by atoms with Gasteiger partial charge in [-0.05, 0) is 63.8 Å². The Morgan fingerprint density at radius 3 is 2.06 bits per heavy atom. The molecular formula is C16H33NO. The van der Waals surface area contributed by atoms with Gasteiger partial charge in [0.2, 0.25) is 0 Å². The van der Waals surface area contributed by atoms with Gasteiger partial charge in [-0.15, -0.1) is 0 Å². The fraction of sp³-hybridized carbons (Fsp3) is 1.00. The van der Waals surface area contributed by atoms with E-state index in [1.54, 1.807) is 0 Å². The van der Waals surface area contributed by atoms with Crippen molar-refractivity contribution < 1.29 is 4.74 Å².